The molecule has 2 heteroatoms. The summed E-state index contributed by atoms with van der Waals surface area (Å²) in [6.45, 7) is 8.34. The number of carbonyl (C=O) groups is 1. The summed E-state index contributed by atoms with van der Waals surface area (Å²) >= 11 is 0. The fraction of sp³-hybridized carbons (Fsp3) is 0.500. The van der Waals surface area contributed by atoms with E-state index in [1.54, 1.807) is 0 Å². The highest BCUT2D eigenvalue weighted by atomic mass is 16.5. The second kappa shape index (κ2) is 8.96. The molecule has 16 heavy (non-hydrogen) atoms. The topological polar surface area (TPSA) is 26.3 Å². The van der Waals surface area contributed by atoms with Crippen LogP contribution in [0.25, 0.3) is 0 Å². The Kier molecular flexibility index (Phi) is 8.22. The second-order valence-corrected chi connectivity index (χ2v) is 3.29. The van der Waals surface area contributed by atoms with Crippen molar-refractivity contribution in [1.29, 1.82) is 0 Å². The largest absolute Gasteiger partial charge is 0.466 e. The fourth-order valence-electron chi connectivity index (χ4n) is 1.35. The molecule has 1 aromatic carbocycles. The standard InChI is InChI=1S/C12H16O2.C2H6/c1-3-14-12(13)8-7-11-6-4-5-10(2)9-11;1-2/h4-6,9H,3,7-8H2,1-2H3;1-2H3. The summed E-state index contributed by atoms with van der Waals surface area (Å²) in [5.74, 6) is -0.117. The van der Waals surface area contributed by atoms with E-state index in [0.717, 1.165) is 6.42 Å². The highest BCUT2D eigenvalue weighted by Crippen LogP contribution is 2.06. The van der Waals surface area contributed by atoms with Crippen molar-refractivity contribution in [3.63, 3.8) is 0 Å². The van der Waals surface area contributed by atoms with Gasteiger partial charge in [0.25, 0.3) is 0 Å². The minimum Gasteiger partial charge on any atom is -0.466 e. The van der Waals surface area contributed by atoms with E-state index in [0.29, 0.717) is 13.0 Å². The van der Waals surface area contributed by atoms with Gasteiger partial charge in [0.15, 0.2) is 0 Å². The summed E-state index contributed by atoms with van der Waals surface area (Å²) in [5, 5.41) is 0. The highest BCUT2D eigenvalue weighted by Gasteiger charge is 2.01. The Bertz CT molecular complexity index is 305. The normalized spacial score (nSPS) is 9.00. The molecular weight excluding hydrogens is 200 g/mol. The summed E-state index contributed by atoms with van der Waals surface area (Å²) in [7, 11) is 0. The zero-order valence-electron chi connectivity index (χ0n) is 10.7. The minimum atomic E-state index is -0.117. The summed E-state index contributed by atoms with van der Waals surface area (Å²) < 4.78 is 4.85. The van der Waals surface area contributed by atoms with E-state index in [2.05, 4.69) is 6.07 Å². The molecule has 0 aromatic heterocycles. The van der Waals surface area contributed by atoms with Gasteiger partial charge in [-0.25, -0.2) is 0 Å². The monoisotopic (exact) mass is 222 g/mol. The molecule has 0 amide bonds. The van der Waals surface area contributed by atoms with Gasteiger partial charge in [-0.1, -0.05) is 43.7 Å². The third kappa shape index (κ3) is 6.23. The van der Waals surface area contributed by atoms with E-state index < -0.39 is 0 Å². The van der Waals surface area contributed by atoms with Crippen LogP contribution in [0.5, 0.6) is 0 Å². The number of carbonyl (C=O) groups excluding carboxylic acids is 1. The molecule has 0 heterocycles. The van der Waals surface area contributed by atoms with Gasteiger partial charge < -0.3 is 4.74 Å². The molecule has 2 nitrogen and oxygen atoms in total. The van der Waals surface area contributed by atoms with Crippen LogP contribution in [0.1, 0.15) is 38.3 Å². The van der Waals surface area contributed by atoms with Crippen LogP contribution >= 0.6 is 0 Å². The van der Waals surface area contributed by atoms with Crippen molar-refractivity contribution >= 4 is 5.97 Å². The van der Waals surface area contributed by atoms with Gasteiger partial charge in [-0.3, -0.25) is 4.79 Å². The first-order valence-corrected chi connectivity index (χ1v) is 5.93. The van der Waals surface area contributed by atoms with Gasteiger partial charge in [0.2, 0.25) is 0 Å². The Morgan fingerprint density at radius 1 is 1.31 bits per heavy atom. The number of benzene rings is 1. The van der Waals surface area contributed by atoms with E-state index in [4.69, 9.17) is 4.74 Å². The smallest absolute Gasteiger partial charge is 0.306 e. The zero-order chi connectivity index (χ0) is 12.4. The summed E-state index contributed by atoms with van der Waals surface area (Å²) in [6, 6.07) is 8.19. The van der Waals surface area contributed by atoms with E-state index in [-0.39, 0.29) is 5.97 Å². The molecule has 0 N–H and O–H groups in total. The molecule has 0 aliphatic carbocycles. The number of hydrogen-bond donors (Lipinski definition) is 0. The van der Waals surface area contributed by atoms with E-state index >= 15 is 0 Å². The van der Waals surface area contributed by atoms with Gasteiger partial charge in [-0.2, -0.15) is 0 Å². The van der Waals surface area contributed by atoms with Gasteiger partial charge in [-0.05, 0) is 25.8 Å². The number of hydrogen-bond acceptors (Lipinski definition) is 2. The lowest BCUT2D eigenvalue weighted by atomic mass is 10.1. The SMILES string of the molecule is CC.CCOC(=O)CCc1cccc(C)c1. The van der Waals surface area contributed by atoms with Gasteiger partial charge >= 0.3 is 5.97 Å². The Morgan fingerprint density at radius 3 is 2.56 bits per heavy atom. The Hall–Kier alpha value is -1.31. The zero-order valence-corrected chi connectivity index (χ0v) is 10.7. The quantitative estimate of drug-likeness (QED) is 0.729. The number of ether oxygens (including phenoxy) is 1. The van der Waals surface area contributed by atoms with E-state index in [1.807, 2.05) is 45.9 Å². The van der Waals surface area contributed by atoms with Gasteiger partial charge in [0, 0.05) is 6.42 Å². The first-order chi connectivity index (χ1) is 7.72. The summed E-state index contributed by atoms with van der Waals surface area (Å²) in [4.78, 5) is 11.1. The molecule has 0 atom stereocenters. The Balaban J connectivity index is 0.00000106. The lowest BCUT2D eigenvalue weighted by Crippen LogP contribution is -2.05. The van der Waals surface area contributed by atoms with Crippen LogP contribution in [0, 0.1) is 6.92 Å². The lowest BCUT2D eigenvalue weighted by molar-refractivity contribution is -0.143. The lowest BCUT2D eigenvalue weighted by Gasteiger charge is -2.02. The number of rotatable bonds is 4. The molecule has 0 spiro atoms. The Labute approximate surface area is 98.6 Å². The average Bonchev–Trinajstić information content (AvgIpc) is 2.30. The van der Waals surface area contributed by atoms with Crippen LogP contribution in [0.3, 0.4) is 0 Å². The molecular formula is C14H22O2. The second-order valence-electron chi connectivity index (χ2n) is 3.29. The van der Waals surface area contributed by atoms with Gasteiger partial charge in [0.1, 0.15) is 0 Å². The predicted octanol–water partition coefficient (Wildman–Crippen LogP) is 3.52. The molecule has 0 unspecified atom stereocenters. The predicted molar refractivity (Wildman–Crippen MR) is 67.5 cm³/mol. The third-order valence-electron chi connectivity index (χ3n) is 2.01. The molecule has 0 saturated carbocycles. The van der Waals surface area contributed by atoms with Gasteiger partial charge in [-0.15, -0.1) is 0 Å². The fourth-order valence-corrected chi connectivity index (χ4v) is 1.35. The minimum absolute atomic E-state index is 0.117. The molecule has 0 radical (unpaired) electrons. The molecule has 0 bridgehead atoms. The average molecular weight is 222 g/mol. The molecule has 1 aromatic rings. The first kappa shape index (κ1) is 14.7. The molecule has 1 rings (SSSR count). The van der Waals surface area contributed by atoms with E-state index in [9.17, 15) is 4.79 Å². The van der Waals surface area contributed by atoms with Crippen LogP contribution in [-0.2, 0) is 16.0 Å². The summed E-state index contributed by atoms with van der Waals surface area (Å²) in [5.41, 5.74) is 2.42. The first-order valence-electron chi connectivity index (χ1n) is 5.93. The van der Waals surface area contributed by atoms with Crippen LogP contribution in [0.2, 0.25) is 0 Å². The maximum atomic E-state index is 11.1. The molecule has 0 saturated heterocycles. The molecule has 90 valence electrons. The molecule has 0 fully saturated rings. The van der Waals surface area contributed by atoms with Crippen molar-refractivity contribution in [3.8, 4) is 0 Å². The van der Waals surface area contributed by atoms with Crippen LogP contribution in [-0.4, -0.2) is 12.6 Å². The number of esters is 1. The van der Waals surface area contributed by atoms with Crippen molar-refractivity contribution in [1.82, 2.24) is 0 Å². The van der Waals surface area contributed by atoms with Crippen molar-refractivity contribution in [2.45, 2.75) is 40.5 Å². The molecule has 0 aliphatic heterocycles. The summed E-state index contributed by atoms with van der Waals surface area (Å²) in [6.07, 6.45) is 1.23. The maximum Gasteiger partial charge on any atom is 0.306 e. The van der Waals surface area contributed by atoms with Crippen LogP contribution < -0.4 is 0 Å². The maximum absolute atomic E-state index is 11.1. The van der Waals surface area contributed by atoms with Crippen molar-refractivity contribution in [2.75, 3.05) is 6.61 Å². The van der Waals surface area contributed by atoms with Crippen LogP contribution in [0.4, 0.5) is 0 Å². The van der Waals surface area contributed by atoms with Gasteiger partial charge in [0.05, 0.1) is 6.61 Å². The number of aryl methyl sites for hydroxylation is 2. The Morgan fingerprint density at radius 2 is 2.00 bits per heavy atom. The molecule has 0 aliphatic rings. The van der Waals surface area contributed by atoms with E-state index in [1.165, 1.54) is 11.1 Å². The van der Waals surface area contributed by atoms with Crippen molar-refractivity contribution in [2.24, 2.45) is 0 Å². The van der Waals surface area contributed by atoms with Crippen molar-refractivity contribution in [3.05, 3.63) is 35.4 Å². The van der Waals surface area contributed by atoms with Crippen molar-refractivity contribution < 1.29 is 9.53 Å². The third-order valence-corrected chi connectivity index (χ3v) is 2.01. The van der Waals surface area contributed by atoms with Crippen LogP contribution in [0.15, 0.2) is 24.3 Å². The highest BCUT2D eigenvalue weighted by molar-refractivity contribution is 5.69.